The molecule has 1 aliphatic heterocycles. The molecule has 1 aromatic carbocycles. The second kappa shape index (κ2) is 5.55. The molecule has 0 aliphatic carbocycles. The molecule has 24 heavy (non-hydrogen) atoms. The summed E-state index contributed by atoms with van der Waals surface area (Å²) < 4.78 is 36.9. The molecule has 0 unspecified atom stereocenters. The highest BCUT2D eigenvalue weighted by Gasteiger charge is 2.37. The van der Waals surface area contributed by atoms with Gasteiger partial charge in [0.1, 0.15) is 11.6 Å². The number of hydrogen-bond acceptors (Lipinski definition) is 5. The molecule has 0 spiro atoms. The van der Waals surface area contributed by atoms with E-state index in [1.807, 2.05) is 0 Å². The molecule has 0 N–H and O–H groups in total. The number of furan rings is 1. The number of likely N-dealkylation sites (tertiary alicyclic amines) is 1. The molecule has 2 aromatic heterocycles. The van der Waals surface area contributed by atoms with Crippen molar-refractivity contribution in [3.8, 4) is 11.6 Å². The fourth-order valence-electron chi connectivity index (χ4n) is 2.54. The van der Waals surface area contributed by atoms with Crippen molar-refractivity contribution in [2.45, 2.75) is 5.92 Å². The van der Waals surface area contributed by atoms with Gasteiger partial charge >= 0.3 is 0 Å². The topological polar surface area (TPSA) is 72.4 Å². The van der Waals surface area contributed by atoms with Crippen LogP contribution in [-0.2, 0) is 0 Å². The fourth-order valence-corrected chi connectivity index (χ4v) is 2.54. The zero-order valence-electron chi connectivity index (χ0n) is 12.3. The van der Waals surface area contributed by atoms with Gasteiger partial charge < -0.3 is 13.8 Å². The van der Waals surface area contributed by atoms with E-state index in [1.54, 1.807) is 12.1 Å². The van der Waals surface area contributed by atoms with Gasteiger partial charge in [-0.2, -0.15) is 4.98 Å². The van der Waals surface area contributed by atoms with E-state index in [2.05, 4.69) is 10.1 Å². The highest BCUT2D eigenvalue weighted by molar-refractivity contribution is 5.95. The molecule has 0 radical (unpaired) electrons. The Hall–Kier alpha value is -3.03. The Bertz CT molecular complexity index is 886. The van der Waals surface area contributed by atoms with Crippen LogP contribution < -0.4 is 0 Å². The minimum atomic E-state index is -0.874. The minimum Gasteiger partial charge on any atom is -0.461 e. The molecular weight excluding hydrogens is 320 g/mol. The number of hydrogen-bond donors (Lipinski definition) is 0. The molecular formula is C16H11F2N3O3. The van der Waals surface area contributed by atoms with Gasteiger partial charge in [0, 0.05) is 19.2 Å². The summed E-state index contributed by atoms with van der Waals surface area (Å²) in [6.45, 7) is 0.658. The Balaban J connectivity index is 1.44. The van der Waals surface area contributed by atoms with Crippen LogP contribution in [0.3, 0.4) is 0 Å². The largest absolute Gasteiger partial charge is 0.461 e. The molecule has 1 aliphatic rings. The summed E-state index contributed by atoms with van der Waals surface area (Å²) in [6, 6.07) is 6.32. The molecule has 3 aromatic rings. The van der Waals surface area contributed by atoms with Crippen LogP contribution in [0.1, 0.15) is 22.2 Å². The lowest BCUT2D eigenvalue weighted by molar-refractivity contribution is 0.0564. The van der Waals surface area contributed by atoms with Crippen molar-refractivity contribution in [3.05, 3.63) is 59.7 Å². The van der Waals surface area contributed by atoms with Crippen molar-refractivity contribution >= 4 is 5.91 Å². The fraction of sp³-hybridized carbons (Fsp3) is 0.188. The molecule has 0 saturated carbocycles. The lowest BCUT2D eigenvalue weighted by atomic mass is 9.98. The molecule has 3 heterocycles. The zero-order chi connectivity index (χ0) is 16.7. The summed E-state index contributed by atoms with van der Waals surface area (Å²) in [7, 11) is 0. The van der Waals surface area contributed by atoms with E-state index in [0.717, 1.165) is 12.1 Å². The van der Waals surface area contributed by atoms with Gasteiger partial charge in [-0.15, -0.1) is 0 Å². The number of aromatic nitrogens is 2. The molecule has 8 heteroatoms. The van der Waals surface area contributed by atoms with Crippen molar-refractivity contribution in [1.29, 1.82) is 0 Å². The Kier molecular flexibility index (Phi) is 3.37. The molecule has 0 atom stereocenters. The Morgan fingerprint density at radius 3 is 2.79 bits per heavy atom. The summed E-state index contributed by atoms with van der Waals surface area (Å²) in [5.41, 5.74) is -0.156. The summed E-state index contributed by atoms with van der Waals surface area (Å²) in [6.07, 6.45) is 1.51. The van der Waals surface area contributed by atoms with E-state index >= 15 is 0 Å². The monoisotopic (exact) mass is 331 g/mol. The number of carbonyl (C=O) groups excluding carboxylic acids is 1. The Morgan fingerprint density at radius 2 is 2.08 bits per heavy atom. The van der Waals surface area contributed by atoms with Crippen LogP contribution >= 0.6 is 0 Å². The van der Waals surface area contributed by atoms with Crippen LogP contribution in [0.4, 0.5) is 8.78 Å². The highest BCUT2D eigenvalue weighted by atomic mass is 19.1. The number of amides is 1. The maximum Gasteiger partial charge on any atom is 0.256 e. The van der Waals surface area contributed by atoms with Crippen molar-refractivity contribution in [2.24, 2.45) is 0 Å². The first-order valence-electron chi connectivity index (χ1n) is 7.23. The molecule has 1 amide bonds. The van der Waals surface area contributed by atoms with E-state index < -0.39 is 17.5 Å². The molecule has 0 bridgehead atoms. The van der Waals surface area contributed by atoms with Crippen LogP contribution in [0, 0.1) is 11.6 Å². The number of benzene rings is 1. The second-order valence-electron chi connectivity index (χ2n) is 5.46. The molecule has 4 rings (SSSR count). The first-order valence-corrected chi connectivity index (χ1v) is 7.23. The Morgan fingerprint density at radius 1 is 1.25 bits per heavy atom. The SMILES string of the molecule is O=C(c1ccc(F)cc1F)N1CC(c2nc(-c3ccco3)no2)C1. The van der Waals surface area contributed by atoms with Crippen LogP contribution in [0.2, 0.25) is 0 Å². The molecule has 122 valence electrons. The third kappa shape index (κ3) is 2.45. The minimum absolute atomic E-state index is 0.117. The third-order valence-electron chi connectivity index (χ3n) is 3.86. The van der Waals surface area contributed by atoms with Gasteiger partial charge in [0.25, 0.3) is 5.91 Å². The third-order valence-corrected chi connectivity index (χ3v) is 3.86. The van der Waals surface area contributed by atoms with Crippen molar-refractivity contribution in [2.75, 3.05) is 13.1 Å². The van der Waals surface area contributed by atoms with E-state index in [4.69, 9.17) is 8.94 Å². The van der Waals surface area contributed by atoms with Crippen LogP contribution in [0.25, 0.3) is 11.6 Å². The lowest BCUT2D eigenvalue weighted by Gasteiger charge is -2.37. The van der Waals surface area contributed by atoms with Gasteiger partial charge in [0.2, 0.25) is 11.7 Å². The second-order valence-corrected chi connectivity index (χ2v) is 5.46. The molecule has 6 nitrogen and oxygen atoms in total. The average Bonchev–Trinajstić information content (AvgIpc) is 3.16. The predicted octanol–water partition coefficient (Wildman–Crippen LogP) is 2.85. The van der Waals surface area contributed by atoms with E-state index in [0.29, 0.717) is 36.6 Å². The lowest BCUT2D eigenvalue weighted by Crippen LogP contribution is -2.48. The van der Waals surface area contributed by atoms with Gasteiger partial charge in [-0.05, 0) is 24.3 Å². The van der Waals surface area contributed by atoms with E-state index in [1.165, 1.54) is 11.2 Å². The van der Waals surface area contributed by atoms with E-state index in [-0.39, 0.29) is 11.5 Å². The van der Waals surface area contributed by atoms with Crippen molar-refractivity contribution < 1.29 is 22.5 Å². The van der Waals surface area contributed by atoms with Gasteiger partial charge in [0.15, 0.2) is 5.76 Å². The normalized spacial score (nSPS) is 14.7. The quantitative estimate of drug-likeness (QED) is 0.738. The first-order chi connectivity index (χ1) is 11.6. The van der Waals surface area contributed by atoms with Gasteiger partial charge in [-0.1, -0.05) is 5.16 Å². The highest BCUT2D eigenvalue weighted by Crippen LogP contribution is 2.29. The molecule has 1 saturated heterocycles. The predicted molar refractivity (Wildman–Crippen MR) is 77.0 cm³/mol. The average molecular weight is 331 g/mol. The van der Waals surface area contributed by atoms with Crippen LogP contribution in [-0.4, -0.2) is 34.0 Å². The summed E-state index contributed by atoms with van der Waals surface area (Å²) in [4.78, 5) is 17.9. The van der Waals surface area contributed by atoms with Crippen molar-refractivity contribution in [3.63, 3.8) is 0 Å². The number of rotatable bonds is 3. The van der Waals surface area contributed by atoms with Gasteiger partial charge in [-0.25, -0.2) is 8.78 Å². The summed E-state index contributed by atoms with van der Waals surface area (Å²) in [5, 5.41) is 3.83. The van der Waals surface area contributed by atoms with Crippen LogP contribution in [0.15, 0.2) is 45.5 Å². The maximum atomic E-state index is 13.7. The van der Waals surface area contributed by atoms with Gasteiger partial charge in [-0.3, -0.25) is 4.79 Å². The summed E-state index contributed by atoms with van der Waals surface area (Å²) >= 11 is 0. The number of carbonyl (C=O) groups is 1. The summed E-state index contributed by atoms with van der Waals surface area (Å²) in [5.74, 6) is -0.980. The maximum absolute atomic E-state index is 13.7. The zero-order valence-corrected chi connectivity index (χ0v) is 12.3. The van der Waals surface area contributed by atoms with Gasteiger partial charge in [0.05, 0.1) is 17.7 Å². The number of halogens is 2. The molecule has 1 fully saturated rings. The standard InChI is InChI=1S/C16H11F2N3O3/c17-10-3-4-11(12(18)6-10)16(22)21-7-9(8-21)15-19-14(20-24-15)13-2-1-5-23-13/h1-6,9H,7-8H2. The Labute approximate surface area is 134 Å². The number of nitrogens with zero attached hydrogens (tertiary/aromatic N) is 3. The van der Waals surface area contributed by atoms with E-state index in [9.17, 15) is 13.6 Å². The van der Waals surface area contributed by atoms with Crippen LogP contribution in [0.5, 0.6) is 0 Å². The smallest absolute Gasteiger partial charge is 0.256 e. The van der Waals surface area contributed by atoms with Crippen molar-refractivity contribution in [1.82, 2.24) is 15.0 Å². The first kappa shape index (κ1) is 14.6.